The average Bonchev–Trinajstić information content (AvgIpc) is 3.05. The van der Waals surface area contributed by atoms with Crippen molar-refractivity contribution in [3.8, 4) is 0 Å². The molecule has 0 bridgehead atoms. The van der Waals surface area contributed by atoms with Crippen molar-refractivity contribution >= 4 is 33.8 Å². The number of nitrogens with zero attached hydrogens (tertiary/aromatic N) is 1. The van der Waals surface area contributed by atoms with E-state index in [0.717, 1.165) is 35.9 Å². The Bertz CT molecular complexity index is 802. The molecule has 1 fully saturated rings. The lowest BCUT2D eigenvalue weighted by molar-refractivity contribution is 0.106. The fourth-order valence-electron chi connectivity index (χ4n) is 3.45. The van der Waals surface area contributed by atoms with E-state index in [0.29, 0.717) is 11.4 Å². The number of hydrogen-bond donors (Lipinski definition) is 1. The number of nitrogens with one attached hydrogen (secondary N) is 1. The van der Waals surface area contributed by atoms with Gasteiger partial charge in [-0.05, 0) is 50.4 Å². The van der Waals surface area contributed by atoms with Crippen LogP contribution in [0.15, 0.2) is 4.79 Å². The van der Waals surface area contributed by atoms with Gasteiger partial charge in [0.25, 0.3) is 5.56 Å². The van der Waals surface area contributed by atoms with E-state index in [-0.39, 0.29) is 17.7 Å². The van der Waals surface area contributed by atoms with Crippen molar-refractivity contribution in [2.45, 2.75) is 44.8 Å². The number of H-pyrrole nitrogens is 1. The summed E-state index contributed by atoms with van der Waals surface area (Å²) in [6.07, 6.45) is 4.18. The molecule has 1 N–H and O–H groups in total. The minimum Gasteiger partial charge on any atom is -0.376 e. The molecule has 1 saturated heterocycles. The number of fused-ring (bicyclic) bond motifs is 3. The zero-order valence-electron chi connectivity index (χ0n) is 11.3. The SMILES string of the molecule is CC1OCCC1n1c(=S)[nH]c2sc3c(c2c1=O)CCC3. The molecule has 20 heavy (non-hydrogen) atoms. The monoisotopic (exact) mass is 308 g/mol. The van der Waals surface area contributed by atoms with Crippen LogP contribution in [0, 0.1) is 4.77 Å². The van der Waals surface area contributed by atoms with E-state index in [1.165, 1.54) is 10.4 Å². The molecule has 6 heteroatoms. The molecule has 0 radical (unpaired) electrons. The van der Waals surface area contributed by atoms with Crippen LogP contribution < -0.4 is 5.56 Å². The molecule has 4 nitrogen and oxygen atoms in total. The Labute approximate surface area is 125 Å². The van der Waals surface area contributed by atoms with E-state index in [1.807, 2.05) is 6.92 Å². The quantitative estimate of drug-likeness (QED) is 0.824. The molecular weight excluding hydrogens is 292 g/mol. The number of aromatic amines is 1. The summed E-state index contributed by atoms with van der Waals surface area (Å²) in [4.78, 5) is 18.5. The summed E-state index contributed by atoms with van der Waals surface area (Å²) in [7, 11) is 0. The molecule has 0 spiro atoms. The highest BCUT2D eigenvalue weighted by molar-refractivity contribution is 7.71. The molecule has 2 unspecified atom stereocenters. The summed E-state index contributed by atoms with van der Waals surface area (Å²) in [6.45, 7) is 2.72. The van der Waals surface area contributed by atoms with E-state index in [9.17, 15) is 4.79 Å². The molecule has 0 saturated carbocycles. The Balaban J connectivity index is 2.02. The highest BCUT2D eigenvalue weighted by Gasteiger charge is 2.29. The van der Waals surface area contributed by atoms with Gasteiger partial charge in [-0.25, -0.2) is 0 Å². The second-order valence-corrected chi connectivity index (χ2v) is 7.09. The van der Waals surface area contributed by atoms with Crippen molar-refractivity contribution in [2.75, 3.05) is 6.61 Å². The average molecular weight is 308 g/mol. The molecule has 106 valence electrons. The highest BCUT2D eigenvalue weighted by Crippen LogP contribution is 2.35. The molecule has 1 aliphatic heterocycles. The van der Waals surface area contributed by atoms with Crippen molar-refractivity contribution in [1.29, 1.82) is 0 Å². The van der Waals surface area contributed by atoms with Crippen LogP contribution >= 0.6 is 23.6 Å². The predicted molar refractivity (Wildman–Crippen MR) is 82.4 cm³/mol. The van der Waals surface area contributed by atoms with E-state index in [1.54, 1.807) is 15.9 Å². The maximum Gasteiger partial charge on any atom is 0.263 e. The van der Waals surface area contributed by atoms with Gasteiger partial charge < -0.3 is 9.72 Å². The normalized spacial score (nSPS) is 25.4. The molecule has 0 amide bonds. The molecule has 3 heterocycles. The third kappa shape index (κ3) is 1.68. The fraction of sp³-hybridized carbons (Fsp3) is 0.571. The minimum absolute atomic E-state index is 0.0481. The first-order chi connectivity index (χ1) is 9.66. The first-order valence-corrected chi connectivity index (χ1v) is 8.30. The van der Waals surface area contributed by atoms with Gasteiger partial charge in [0.2, 0.25) is 0 Å². The Morgan fingerprint density at radius 3 is 3.05 bits per heavy atom. The summed E-state index contributed by atoms with van der Waals surface area (Å²) >= 11 is 7.12. The Morgan fingerprint density at radius 1 is 1.45 bits per heavy atom. The van der Waals surface area contributed by atoms with Crippen molar-refractivity contribution in [1.82, 2.24) is 9.55 Å². The minimum atomic E-state index is 0.0481. The molecule has 2 atom stereocenters. The van der Waals surface area contributed by atoms with Gasteiger partial charge in [-0.2, -0.15) is 0 Å². The first kappa shape index (κ1) is 12.7. The van der Waals surface area contributed by atoms with Gasteiger partial charge in [0.15, 0.2) is 4.77 Å². The fourth-order valence-corrected chi connectivity index (χ4v) is 5.11. The Hall–Kier alpha value is -0.980. The van der Waals surface area contributed by atoms with Gasteiger partial charge in [0.1, 0.15) is 4.83 Å². The lowest BCUT2D eigenvalue weighted by Gasteiger charge is -2.17. The maximum atomic E-state index is 12.9. The van der Waals surface area contributed by atoms with Crippen LogP contribution in [0.3, 0.4) is 0 Å². The van der Waals surface area contributed by atoms with Crippen molar-refractivity contribution in [2.24, 2.45) is 0 Å². The van der Waals surface area contributed by atoms with Crippen LogP contribution in [0.4, 0.5) is 0 Å². The van der Waals surface area contributed by atoms with Gasteiger partial charge in [0, 0.05) is 11.5 Å². The topological polar surface area (TPSA) is 47.0 Å². The largest absolute Gasteiger partial charge is 0.376 e. The summed E-state index contributed by atoms with van der Waals surface area (Å²) < 4.78 is 7.88. The lowest BCUT2D eigenvalue weighted by atomic mass is 10.1. The zero-order valence-corrected chi connectivity index (χ0v) is 12.9. The van der Waals surface area contributed by atoms with Gasteiger partial charge in [-0.15, -0.1) is 11.3 Å². The number of aromatic nitrogens is 2. The standard InChI is InChI=1S/C14H16N2O2S2/c1-7-9(5-6-18-7)16-13(17)11-8-3-2-4-10(8)20-12(11)15-14(16)19/h7,9H,2-6H2,1H3,(H,15,19). The second-order valence-electron chi connectivity index (χ2n) is 5.60. The smallest absolute Gasteiger partial charge is 0.263 e. The third-order valence-corrected chi connectivity index (χ3v) is 5.97. The summed E-state index contributed by atoms with van der Waals surface area (Å²) in [6, 6.07) is 0.0626. The van der Waals surface area contributed by atoms with Crippen LogP contribution in [0.25, 0.3) is 10.2 Å². The lowest BCUT2D eigenvalue weighted by Crippen LogP contribution is -2.30. The molecular formula is C14H16N2O2S2. The van der Waals surface area contributed by atoms with Gasteiger partial charge in [-0.1, -0.05) is 0 Å². The Morgan fingerprint density at radius 2 is 2.30 bits per heavy atom. The first-order valence-electron chi connectivity index (χ1n) is 7.07. The van der Waals surface area contributed by atoms with Crippen LogP contribution in [0.2, 0.25) is 0 Å². The number of ether oxygens (including phenoxy) is 1. The predicted octanol–water partition coefficient (Wildman–Crippen LogP) is 2.96. The van der Waals surface area contributed by atoms with Crippen molar-refractivity contribution in [3.05, 3.63) is 25.6 Å². The Kier molecular flexibility index (Phi) is 2.87. The van der Waals surface area contributed by atoms with E-state index >= 15 is 0 Å². The van der Waals surface area contributed by atoms with Crippen LogP contribution in [0.1, 0.15) is 36.2 Å². The molecule has 2 aliphatic rings. The van der Waals surface area contributed by atoms with Crippen LogP contribution in [-0.2, 0) is 17.6 Å². The van der Waals surface area contributed by atoms with Gasteiger partial charge >= 0.3 is 0 Å². The summed E-state index contributed by atoms with van der Waals surface area (Å²) in [5.74, 6) is 0. The van der Waals surface area contributed by atoms with Gasteiger partial charge in [-0.3, -0.25) is 9.36 Å². The van der Waals surface area contributed by atoms with Crippen LogP contribution in [-0.4, -0.2) is 22.3 Å². The van der Waals surface area contributed by atoms with Crippen molar-refractivity contribution in [3.63, 3.8) is 0 Å². The van der Waals surface area contributed by atoms with Crippen LogP contribution in [0.5, 0.6) is 0 Å². The molecule has 0 aromatic carbocycles. The number of hydrogen-bond acceptors (Lipinski definition) is 4. The molecule has 2 aromatic rings. The third-order valence-electron chi connectivity index (χ3n) is 4.46. The second kappa shape index (κ2) is 4.51. The van der Waals surface area contributed by atoms with Crippen molar-refractivity contribution < 1.29 is 4.74 Å². The summed E-state index contributed by atoms with van der Waals surface area (Å²) in [5.41, 5.74) is 1.33. The van der Waals surface area contributed by atoms with E-state index < -0.39 is 0 Å². The number of thiophene rings is 1. The zero-order chi connectivity index (χ0) is 13.9. The molecule has 2 aromatic heterocycles. The maximum absolute atomic E-state index is 12.9. The van der Waals surface area contributed by atoms with Gasteiger partial charge in [0.05, 0.1) is 17.5 Å². The van der Waals surface area contributed by atoms with E-state index in [2.05, 4.69) is 4.98 Å². The number of rotatable bonds is 1. The number of aryl methyl sites for hydroxylation is 2. The molecule has 1 aliphatic carbocycles. The highest BCUT2D eigenvalue weighted by atomic mass is 32.1. The van der Waals surface area contributed by atoms with E-state index in [4.69, 9.17) is 17.0 Å². The molecule has 4 rings (SSSR count). The summed E-state index contributed by atoms with van der Waals surface area (Å²) in [5, 5.41) is 0.871.